The molecule has 0 aliphatic carbocycles. The fourth-order valence-electron chi connectivity index (χ4n) is 3.22. The van der Waals surface area contributed by atoms with Crippen LogP contribution >= 0.6 is 7.82 Å². The second kappa shape index (κ2) is 8.36. The van der Waals surface area contributed by atoms with Gasteiger partial charge in [0.25, 0.3) is 0 Å². The molecule has 3 aromatic rings. The predicted molar refractivity (Wildman–Crippen MR) is 103 cm³/mol. The number of rotatable bonds is 7. The molecule has 1 aliphatic rings. The number of nitrogens with one attached hydrogen (secondary N) is 1. The summed E-state index contributed by atoms with van der Waals surface area (Å²) in [6, 6.07) is 9.71. The molecule has 1 unspecified atom stereocenters. The van der Waals surface area contributed by atoms with Crippen LogP contribution in [0.25, 0.3) is 11.2 Å². The average molecular weight is 437 g/mol. The van der Waals surface area contributed by atoms with Crippen molar-refractivity contribution < 1.29 is 33.8 Å². The van der Waals surface area contributed by atoms with Crippen molar-refractivity contribution in [3.63, 3.8) is 0 Å². The van der Waals surface area contributed by atoms with Crippen molar-refractivity contribution >= 4 is 24.8 Å². The maximum Gasteiger partial charge on any atom is 0.469 e. The molecule has 1 saturated heterocycles. The Kier molecular flexibility index (Phi) is 5.80. The Morgan fingerprint density at radius 2 is 1.90 bits per heavy atom. The number of aromatic nitrogens is 4. The molecule has 160 valence electrons. The van der Waals surface area contributed by atoms with Gasteiger partial charge >= 0.3 is 7.82 Å². The first-order valence-corrected chi connectivity index (χ1v) is 10.5. The predicted octanol–water partition coefficient (Wildman–Crippen LogP) is 0.167. The summed E-state index contributed by atoms with van der Waals surface area (Å²) in [5.74, 6) is 0.483. The molecule has 5 N–H and O–H groups in total. The summed E-state index contributed by atoms with van der Waals surface area (Å²) in [7, 11) is -4.74. The molecule has 4 atom stereocenters. The number of imidazole rings is 1. The van der Waals surface area contributed by atoms with E-state index in [9.17, 15) is 14.8 Å². The van der Waals surface area contributed by atoms with Crippen molar-refractivity contribution in [2.24, 2.45) is 0 Å². The van der Waals surface area contributed by atoms with Crippen LogP contribution in [0.5, 0.6) is 0 Å². The molecule has 3 heterocycles. The molecular formula is C17H20N5O7P. The van der Waals surface area contributed by atoms with E-state index in [-0.39, 0.29) is 0 Å². The van der Waals surface area contributed by atoms with E-state index >= 15 is 0 Å². The second-order valence-corrected chi connectivity index (χ2v) is 7.96. The van der Waals surface area contributed by atoms with Crippen LogP contribution in [0.3, 0.4) is 0 Å². The number of phosphoric acid groups is 1. The van der Waals surface area contributed by atoms with Gasteiger partial charge in [-0.05, 0) is 5.56 Å². The Morgan fingerprint density at radius 1 is 1.13 bits per heavy atom. The summed E-state index contributed by atoms with van der Waals surface area (Å²) < 4.78 is 22.3. The zero-order valence-corrected chi connectivity index (χ0v) is 16.4. The highest BCUT2D eigenvalue weighted by atomic mass is 31.2. The van der Waals surface area contributed by atoms with E-state index < -0.39 is 39.0 Å². The number of aliphatic hydroxyl groups excluding tert-OH is 2. The molecule has 0 spiro atoms. The van der Waals surface area contributed by atoms with Crippen LogP contribution in [0, 0.1) is 0 Å². The van der Waals surface area contributed by atoms with E-state index in [4.69, 9.17) is 14.5 Å². The normalized spacial score (nSPS) is 24.4. The van der Waals surface area contributed by atoms with E-state index in [0.717, 1.165) is 5.56 Å². The average Bonchev–Trinajstić information content (AvgIpc) is 3.27. The zero-order chi connectivity index (χ0) is 21.3. The van der Waals surface area contributed by atoms with Crippen LogP contribution in [0.15, 0.2) is 43.0 Å². The summed E-state index contributed by atoms with van der Waals surface area (Å²) in [5, 5.41) is 23.7. The number of hydrogen-bond donors (Lipinski definition) is 5. The van der Waals surface area contributed by atoms with E-state index in [2.05, 4.69) is 24.8 Å². The quantitative estimate of drug-likeness (QED) is 0.319. The summed E-state index contributed by atoms with van der Waals surface area (Å²) in [6.07, 6.45) is -2.31. The lowest BCUT2D eigenvalue weighted by Crippen LogP contribution is -2.33. The summed E-state index contributed by atoms with van der Waals surface area (Å²) >= 11 is 0. The summed E-state index contributed by atoms with van der Waals surface area (Å²) in [6.45, 7) is -0.0760. The summed E-state index contributed by atoms with van der Waals surface area (Å²) in [5.41, 5.74) is 1.84. The number of nitrogens with zero attached hydrogens (tertiary/aromatic N) is 4. The lowest BCUT2D eigenvalue weighted by atomic mass is 10.1. The van der Waals surface area contributed by atoms with E-state index in [1.54, 1.807) is 0 Å². The van der Waals surface area contributed by atoms with Crippen LogP contribution in [0.1, 0.15) is 11.8 Å². The van der Waals surface area contributed by atoms with Crippen molar-refractivity contribution in [3.8, 4) is 0 Å². The minimum absolute atomic E-state index is 0.355. The number of anilines is 1. The summed E-state index contributed by atoms with van der Waals surface area (Å²) in [4.78, 5) is 30.4. The lowest BCUT2D eigenvalue weighted by Gasteiger charge is -2.16. The van der Waals surface area contributed by atoms with Gasteiger partial charge in [-0.1, -0.05) is 30.3 Å². The highest BCUT2D eigenvalue weighted by Gasteiger charge is 2.45. The van der Waals surface area contributed by atoms with Crippen molar-refractivity contribution in [1.82, 2.24) is 19.5 Å². The molecule has 0 radical (unpaired) electrons. The molecule has 0 bridgehead atoms. The van der Waals surface area contributed by atoms with Gasteiger partial charge in [0.2, 0.25) is 0 Å². The van der Waals surface area contributed by atoms with E-state index in [1.807, 2.05) is 30.3 Å². The number of ether oxygens (including phenoxy) is 1. The van der Waals surface area contributed by atoms with Crippen LogP contribution in [0.2, 0.25) is 0 Å². The molecule has 1 aliphatic heterocycles. The number of benzene rings is 1. The Morgan fingerprint density at radius 3 is 2.63 bits per heavy atom. The fraction of sp³-hybridized carbons (Fsp3) is 0.353. The van der Waals surface area contributed by atoms with Gasteiger partial charge in [-0.25, -0.2) is 19.5 Å². The van der Waals surface area contributed by atoms with Crippen molar-refractivity contribution in [1.29, 1.82) is 0 Å². The van der Waals surface area contributed by atoms with Crippen molar-refractivity contribution in [3.05, 3.63) is 48.5 Å². The number of phosphoric ester groups is 1. The molecule has 1 aromatic carbocycles. The van der Waals surface area contributed by atoms with Crippen LogP contribution < -0.4 is 5.32 Å². The molecular weight excluding hydrogens is 417 g/mol. The molecule has 0 amide bonds. The smallest absolute Gasteiger partial charge is 0.387 e. The van der Waals surface area contributed by atoms with Gasteiger partial charge in [0.15, 0.2) is 23.2 Å². The first-order chi connectivity index (χ1) is 14.3. The third kappa shape index (κ3) is 4.35. The number of aliphatic hydroxyl groups is 2. The van der Waals surface area contributed by atoms with Crippen molar-refractivity contribution in [2.45, 2.75) is 31.1 Å². The van der Waals surface area contributed by atoms with Crippen molar-refractivity contribution in [2.75, 3.05) is 11.9 Å². The van der Waals surface area contributed by atoms with Gasteiger partial charge in [0.05, 0.1) is 12.9 Å². The number of fused-ring (bicyclic) bond motifs is 1. The first kappa shape index (κ1) is 20.8. The van der Waals surface area contributed by atoms with E-state index in [1.165, 1.54) is 17.2 Å². The minimum atomic E-state index is -4.74. The molecule has 13 heteroatoms. The lowest BCUT2D eigenvalue weighted by molar-refractivity contribution is -0.0504. The van der Waals surface area contributed by atoms with Gasteiger partial charge < -0.3 is 30.1 Å². The SMILES string of the molecule is O=P(O)(O)OC[C@@H]1OC(n2cnc3c(NCc4ccccc4)ncnc32)[C@@H](O)[C@H]1O. The van der Waals surface area contributed by atoms with Crippen LogP contribution in [0.4, 0.5) is 5.82 Å². The molecule has 2 aromatic heterocycles. The monoisotopic (exact) mass is 437 g/mol. The van der Waals surface area contributed by atoms with Crippen LogP contribution in [-0.2, 0) is 20.4 Å². The Hall–Kier alpha value is -2.44. The topological polar surface area (TPSA) is 172 Å². The Balaban J connectivity index is 1.54. The zero-order valence-electron chi connectivity index (χ0n) is 15.5. The molecule has 1 fully saturated rings. The fourth-order valence-corrected chi connectivity index (χ4v) is 3.56. The highest BCUT2D eigenvalue weighted by molar-refractivity contribution is 7.46. The third-order valence-corrected chi connectivity index (χ3v) is 5.17. The standard InChI is InChI=1S/C17H20N5O7P/c23-13-11(7-28-30(25,26)27)29-17(14(13)24)22-9-21-12-15(19-8-20-16(12)22)18-6-10-4-2-1-3-5-10/h1-5,8-9,11,13-14,17,23-24H,6-7H2,(H,18,19,20)(H2,25,26,27)/t11-,13-,14-,17?/m0/s1. The first-order valence-electron chi connectivity index (χ1n) is 9.00. The Bertz CT molecular complexity index is 1060. The van der Waals surface area contributed by atoms with Gasteiger partial charge in [-0.15, -0.1) is 0 Å². The largest absolute Gasteiger partial charge is 0.469 e. The van der Waals surface area contributed by atoms with Gasteiger partial charge in [-0.2, -0.15) is 0 Å². The number of hydrogen-bond acceptors (Lipinski definition) is 9. The third-order valence-electron chi connectivity index (χ3n) is 4.68. The molecule has 4 rings (SSSR count). The molecule has 12 nitrogen and oxygen atoms in total. The maximum atomic E-state index is 10.9. The van der Waals surface area contributed by atoms with Gasteiger partial charge in [-0.3, -0.25) is 9.09 Å². The second-order valence-electron chi connectivity index (χ2n) is 6.72. The highest BCUT2D eigenvalue weighted by Crippen LogP contribution is 2.38. The molecule has 0 saturated carbocycles. The van der Waals surface area contributed by atoms with Crippen LogP contribution in [-0.4, -0.2) is 64.4 Å². The maximum absolute atomic E-state index is 10.9. The van der Waals surface area contributed by atoms with Gasteiger partial charge in [0, 0.05) is 6.54 Å². The van der Waals surface area contributed by atoms with Gasteiger partial charge in [0.1, 0.15) is 24.6 Å². The minimum Gasteiger partial charge on any atom is -0.387 e. The Labute approximate surface area is 170 Å². The molecule has 30 heavy (non-hydrogen) atoms. The van der Waals surface area contributed by atoms with E-state index in [0.29, 0.717) is 23.5 Å².